The average molecular weight is 221 g/mol. The maximum Gasteiger partial charge on any atom is 0.405 e. The molecule has 7 heteroatoms. The predicted octanol–water partition coefficient (Wildman–Crippen LogP) is 0.609. The van der Waals surface area contributed by atoms with Gasteiger partial charge in [0.05, 0.1) is 11.5 Å². The van der Waals surface area contributed by atoms with Gasteiger partial charge in [0.1, 0.15) is 6.20 Å². The van der Waals surface area contributed by atoms with Crippen LogP contribution < -0.4 is 5.32 Å². The van der Waals surface area contributed by atoms with Crippen molar-refractivity contribution in [1.82, 2.24) is 10.3 Å². The summed E-state index contributed by atoms with van der Waals surface area (Å²) >= 11 is 0. The first-order valence-corrected chi connectivity index (χ1v) is 4.14. The lowest BCUT2D eigenvalue weighted by molar-refractivity contribution is -0.385. The van der Waals surface area contributed by atoms with Gasteiger partial charge in [-0.25, -0.2) is 4.79 Å². The smallest absolute Gasteiger partial charge is 0.405 e. The fraction of sp³-hybridized carbons (Fsp3) is 0.111. The van der Waals surface area contributed by atoms with E-state index in [9.17, 15) is 14.9 Å². The number of hydrogen-bond donors (Lipinski definition) is 2. The van der Waals surface area contributed by atoms with E-state index in [2.05, 4.69) is 16.8 Å². The van der Waals surface area contributed by atoms with Crippen molar-refractivity contribution in [1.29, 1.82) is 0 Å². The quantitative estimate of drug-likeness (QED) is 0.432. The highest BCUT2D eigenvalue weighted by Gasteiger charge is 2.04. The van der Waals surface area contributed by atoms with Crippen LogP contribution >= 0.6 is 0 Å². The van der Waals surface area contributed by atoms with Gasteiger partial charge in [0, 0.05) is 17.8 Å². The molecule has 0 aliphatic carbocycles. The van der Waals surface area contributed by atoms with Gasteiger partial charge < -0.3 is 10.4 Å². The summed E-state index contributed by atoms with van der Waals surface area (Å²) < 4.78 is 0. The molecule has 0 radical (unpaired) electrons. The van der Waals surface area contributed by atoms with Crippen LogP contribution in [0.5, 0.6) is 0 Å². The predicted molar refractivity (Wildman–Crippen MR) is 53.8 cm³/mol. The summed E-state index contributed by atoms with van der Waals surface area (Å²) in [6, 6.07) is 1.26. The van der Waals surface area contributed by atoms with E-state index in [1.165, 1.54) is 12.3 Å². The number of carboxylic acid groups (broad SMARTS) is 1. The first kappa shape index (κ1) is 11.5. The van der Waals surface area contributed by atoms with Gasteiger partial charge in [0.15, 0.2) is 0 Å². The molecule has 0 bridgehead atoms. The van der Waals surface area contributed by atoms with Gasteiger partial charge in [-0.1, -0.05) is 11.8 Å². The number of nitrogens with one attached hydrogen (secondary N) is 1. The van der Waals surface area contributed by atoms with Crippen molar-refractivity contribution >= 4 is 11.8 Å². The van der Waals surface area contributed by atoms with Crippen LogP contribution in [0.4, 0.5) is 10.5 Å². The van der Waals surface area contributed by atoms with Crippen molar-refractivity contribution in [2.45, 2.75) is 0 Å². The zero-order valence-electron chi connectivity index (χ0n) is 8.01. The Bertz CT molecular complexity index is 475. The third-order valence-corrected chi connectivity index (χ3v) is 1.50. The molecule has 1 amide bonds. The van der Waals surface area contributed by atoms with Crippen molar-refractivity contribution in [3.63, 3.8) is 0 Å². The molecule has 0 spiro atoms. The number of nitro groups is 1. The normalized spacial score (nSPS) is 8.75. The number of amides is 1. The summed E-state index contributed by atoms with van der Waals surface area (Å²) in [6.07, 6.45) is 1.30. The van der Waals surface area contributed by atoms with Gasteiger partial charge in [-0.15, -0.1) is 0 Å². The summed E-state index contributed by atoms with van der Waals surface area (Å²) in [4.78, 5) is 23.5. The molecule has 0 unspecified atom stereocenters. The summed E-state index contributed by atoms with van der Waals surface area (Å²) in [5.74, 6) is 5.05. The van der Waals surface area contributed by atoms with E-state index in [0.29, 0.717) is 5.56 Å². The molecule has 0 aliphatic rings. The van der Waals surface area contributed by atoms with E-state index >= 15 is 0 Å². The Morgan fingerprint density at radius 3 is 3.00 bits per heavy atom. The van der Waals surface area contributed by atoms with Gasteiger partial charge in [-0.2, -0.15) is 0 Å². The van der Waals surface area contributed by atoms with Gasteiger partial charge in [-0.05, 0) is 0 Å². The first-order chi connectivity index (χ1) is 7.59. The molecule has 1 rings (SSSR count). The Balaban J connectivity index is 2.70. The van der Waals surface area contributed by atoms with E-state index in [-0.39, 0.29) is 12.2 Å². The van der Waals surface area contributed by atoms with Gasteiger partial charge in [0.2, 0.25) is 0 Å². The lowest BCUT2D eigenvalue weighted by atomic mass is 10.2. The topological polar surface area (TPSA) is 105 Å². The van der Waals surface area contributed by atoms with Crippen LogP contribution in [0.1, 0.15) is 5.56 Å². The lowest BCUT2D eigenvalue weighted by Gasteiger charge is -1.92. The molecule has 16 heavy (non-hydrogen) atoms. The van der Waals surface area contributed by atoms with Crippen LogP contribution in [0.2, 0.25) is 0 Å². The molecule has 1 aromatic heterocycles. The molecule has 0 aliphatic heterocycles. The van der Waals surface area contributed by atoms with E-state index in [0.717, 1.165) is 6.20 Å². The maximum atomic E-state index is 10.4. The molecule has 7 nitrogen and oxygen atoms in total. The van der Waals surface area contributed by atoms with Gasteiger partial charge in [0.25, 0.3) is 5.69 Å². The molecule has 82 valence electrons. The second-order valence-electron chi connectivity index (χ2n) is 2.65. The Morgan fingerprint density at radius 2 is 2.38 bits per heavy atom. The summed E-state index contributed by atoms with van der Waals surface area (Å²) in [5, 5.41) is 20.7. The Hall–Kier alpha value is -2.62. The van der Waals surface area contributed by atoms with E-state index in [1.54, 1.807) is 0 Å². The van der Waals surface area contributed by atoms with Crippen LogP contribution in [-0.2, 0) is 0 Å². The molecular formula is C9H7N3O4. The van der Waals surface area contributed by atoms with E-state index in [1.807, 2.05) is 5.32 Å². The number of pyridine rings is 1. The van der Waals surface area contributed by atoms with Crippen LogP contribution in [-0.4, -0.2) is 27.7 Å². The Morgan fingerprint density at radius 1 is 1.62 bits per heavy atom. The molecular weight excluding hydrogens is 214 g/mol. The minimum Gasteiger partial charge on any atom is -0.465 e. The summed E-state index contributed by atoms with van der Waals surface area (Å²) in [6.45, 7) is -0.0436. The van der Waals surface area contributed by atoms with Crippen molar-refractivity contribution in [2.24, 2.45) is 0 Å². The second-order valence-corrected chi connectivity index (χ2v) is 2.65. The second kappa shape index (κ2) is 5.31. The van der Waals surface area contributed by atoms with E-state index < -0.39 is 11.0 Å². The molecule has 1 heterocycles. The standard InChI is InChI=1S/C9H7N3O4/c13-9(14)11-3-1-2-7-4-8(12(15)16)6-10-5-7/h4-6,11H,3H2,(H,13,14). The zero-order valence-corrected chi connectivity index (χ0v) is 8.01. The highest BCUT2D eigenvalue weighted by atomic mass is 16.6. The monoisotopic (exact) mass is 221 g/mol. The highest BCUT2D eigenvalue weighted by Crippen LogP contribution is 2.09. The zero-order chi connectivity index (χ0) is 12.0. The first-order valence-electron chi connectivity index (χ1n) is 4.14. The SMILES string of the molecule is O=C(O)NCC#Cc1cncc([N+](=O)[O-])c1. The summed E-state index contributed by atoms with van der Waals surface area (Å²) in [7, 11) is 0. The molecule has 0 fully saturated rings. The Labute approximate surface area is 90.3 Å². The summed E-state index contributed by atoms with van der Waals surface area (Å²) in [5.41, 5.74) is 0.208. The number of rotatable bonds is 2. The molecule has 0 saturated heterocycles. The Kier molecular flexibility index (Phi) is 3.80. The van der Waals surface area contributed by atoms with Gasteiger partial charge >= 0.3 is 6.09 Å². The molecule has 0 atom stereocenters. The third kappa shape index (κ3) is 3.63. The van der Waals surface area contributed by atoms with Crippen molar-refractivity contribution < 1.29 is 14.8 Å². The number of hydrogen-bond acceptors (Lipinski definition) is 4. The molecule has 2 N–H and O–H groups in total. The third-order valence-electron chi connectivity index (χ3n) is 1.50. The average Bonchev–Trinajstić information content (AvgIpc) is 2.24. The fourth-order valence-electron chi connectivity index (χ4n) is 0.862. The fourth-order valence-corrected chi connectivity index (χ4v) is 0.862. The largest absolute Gasteiger partial charge is 0.465 e. The molecule has 0 aromatic carbocycles. The lowest BCUT2D eigenvalue weighted by Crippen LogP contribution is -2.20. The van der Waals surface area contributed by atoms with E-state index in [4.69, 9.17) is 5.11 Å². The van der Waals surface area contributed by atoms with Crippen molar-refractivity contribution in [3.05, 3.63) is 34.1 Å². The van der Waals surface area contributed by atoms with Crippen LogP contribution in [0.3, 0.4) is 0 Å². The minimum absolute atomic E-state index is 0.0436. The number of carbonyl (C=O) groups is 1. The van der Waals surface area contributed by atoms with Crippen LogP contribution in [0.15, 0.2) is 18.5 Å². The number of aromatic nitrogens is 1. The van der Waals surface area contributed by atoms with Crippen LogP contribution in [0, 0.1) is 22.0 Å². The van der Waals surface area contributed by atoms with Crippen molar-refractivity contribution in [3.8, 4) is 11.8 Å². The minimum atomic E-state index is -1.17. The molecule has 1 aromatic rings. The van der Waals surface area contributed by atoms with Crippen LogP contribution in [0.25, 0.3) is 0 Å². The van der Waals surface area contributed by atoms with Crippen molar-refractivity contribution in [2.75, 3.05) is 6.54 Å². The molecule has 0 saturated carbocycles. The number of nitrogens with zero attached hydrogens (tertiary/aromatic N) is 2. The van der Waals surface area contributed by atoms with Gasteiger partial charge in [-0.3, -0.25) is 15.1 Å². The highest BCUT2D eigenvalue weighted by molar-refractivity contribution is 5.64. The maximum absolute atomic E-state index is 10.4.